The van der Waals surface area contributed by atoms with E-state index in [0.29, 0.717) is 6.54 Å². The number of nitrogens with zero attached hydrogens (tertiary/aromatic N) is 1. The van der Waals surface area contributed by atoms with Gasteiger partial charge in [-0.05, 0) is 50.0 Å². The lowest BCUT2D eigenvalue weighted by atomic mass is 9.89. The van der Waals surface area contributed by atoms with Crippen LogP contribution >= 0.6 is 0 Å². The second-order valence-electron chi connectivity index (χ2n) is 6.63. The molecule has 1 rings (SSSR count). The summed E-state index contributed by atoms with van der Waals surface area (Å²) < 4.78 is 13.0. The zero-order chi connectivity index (χ0) is 16.8. The van der Waals surface area contributed by atoms with Gasteiger partial charge in [-0.1, -0.05) is 26.0 Å². The molecule has 1 aromatic rings. The van der Waals surface area contributed by atoms with Crippen molar-refractivity contribution in [3.63, 3.8) is 0 Å². The number of rotatable bonds is 8. The fraction of sp³-hybridized carbons (Fsp3) is 0.588. The molecule has 0 saturated heterocycles. The summed E-state index contributed by atoms with van der Waals surface area (Å²) in [5.74, 6) is -0.411. The van der Waals surface area contributed by atoms with E-state index in [9.17, 15) is 14.3 Å². The van der Waals surface area contributed by atoms with Crippen molar-refractivity contribution in [1.29, 1.82) is 0 Å². The average molecular weight is 310 g/mol. The van der Waals surface area contributed by atoms with E-state index in [4.69, 9.17) is 0 Å². The second kappa shape index (κ2) is 8.25. The SMILES string of the molecule is CN(C)C(C(=O)NCCCC(C)(C)CO)c1ccc(F)cc1. The predicted octanol–water partition coefficient (Wildman–Crippen LogP) is 2.34. The van der Waals surface area contributed by atoms with E-state index in [0.717, 1.165) is 18.4 Å². The van der Waals surface area contributed by atoms with Gasteiger partial charge in [0.15, 0.2) is 0 Å². The molecule has 0 spiro atoms. The van der Waals surface area contributed by atoms with Crippen molar-refractivity contribution in [3.8, 4) is 0 Å². The number of carbonyl (C=O) groups is 1. The molecular weight excluding hydrogens is 283 g/mol. The molecule has 0 radical (unpaired) electrons. The normalized spacial score (nSPS) is 13.2. The molecule has 0 heterocycles. The number of carbonyl (C=O) groups excluding carboxylic acids is 1. The van der Waals surface area contributed by atoms with Crippen LogP contribution in [0.2, 0.25) is 0 Å². The lowest BCUT2D eigenvalue weighted by Gasteiger charge is -2.25. The van der Waals surface area contributed by atoms with Crippen LogP contribution in [-0.4, -0.2) is 43.2 Å². The number of likely N-dealkylation sites (N-methyl/N-ethyl adjacent to an activating group) is 1. The highest BCUT2D eigenvalue weighted by molar-refractivity contribution is 5.83. The van der Waals surface area contributed by atoms with Gasteiger partial charge in [0, 0.05) is 13.2 Å². The Bertz CT molecular complexity index is 472. The van der Waals surface area contributed by atoms with Gasteiger partial charge in [-0.15, -0.1) is 0 Å². The summed E-state index contributed by atoms with van der Waals surface area (Å²) in [5.41, 5.74) is 0.641. The Morgan fingerprint density at radius 2 is 1.91 bits per heavy atom. The molecule has 0 aromatic heterocycles. The zero-order valence-electron chi connectivity index (χ0n) is 13.9. The summed E-state index contributed by atoms with van der Waals surface area (Å²) in [6.07, 6.45) is 1.65. The van der Waals surface area contributed by atoms with Crippen LogP contribution in [-0.2, 0) is 4.79 Å². The first-order valence-electron chi connectivity index (χ1n) is 7.57. The first-order chi connectivity index (χ1) is 10.3. The summed E-state index contributed by atoms with van der Waals surface area (Å²) in [6.45, 7) is 4.69. The Balaban J connectivity index is 2.58. The minimum Gasteiger partial charge on any atom is -0.396 e. The van der Waals surface area contributed by atoms with E-state index in [1.54, 1.807) is 17.0 Å². The predicted molar refractivity (Wildman–Crippen MR) is 85.9 cm³/mol. The number of benzene rings is 1. The Kier molecular flexibility index (Phi) is 6.97. The Hall–Kier alpha value is -1.46. The Morgan fingerprint density at radius 1 is 1.32 bits per heavy atom. The zero-order valence-corrected chi connectivity index (χ0v) is 13.9. The van der Waals surface area contributed by atoms with E-state index in [2.05, 4.69) is 5.32 Å². The molecule has 124 valence electrons. The lowest BCUT2D eigenvalue weighted by Crippen LogP contribution is -2.37. The minimum atomic E-state index is -0.438. The van der Waals surface area contributed by atoms with E-state index in [-0.39, 0.29) is 23.7 Å². The number of hydrogen-bond acceptors (Lipinski definition) is 3. The summed E-state index contributed by atoms with van der Waals surface area (Å²) in [4.78, 5) is 14.2. The second-order valence-corrected chi connectivity index (χ2v) is 6.63. The summed E-state index contributed by atoms with van der Waals surface area (Å²) >= 11 is 0. The maximum absolute atomic E-state index is 13.0. The van der Waals surface area contributed by atoms with Crippen LogP contribution < -0.4 is 5.32 Å². The highest BCUT2D eigenvalue weighted by Gasteiger charge is 2.23. The molecule has 0 aliphatic heterocycles. The topological polar surface area (TPSA) is 52.6 Å². The van der Waals surface area contributed by atoms with Crippen LogP contribution in [0.25, 0.3) is 0 Å². The maximum Gasteiger partial charge on any atom is 0.241 e. The third-order valence-corrected chi connectivity index (χ3v) is 3.71. The molecule has 1 unspecified atom stereocenters. The molecule has 4 nitrogen and oxygen atoms in total. The molecule has 0 aliphatic carbocycles. The van der Waals surface area contributed by atoms with E-state index in [1.807, 2.05) is 27.9 Å². The summed E-state index contributed by atoms with van der Waals surface area (Å²) in [5, 5.41) is 12.1. The number of amides is 1. The fourth-order valence-electron chi connectivity index (χ4n) is 2.28. The van der Waals surface area contributed by atoms with Crippen molar-refractivity contribution in [2.45, 2.75) is 32.7 Å². The number of aliphatic hydroxyl groups excluding tert-OH is 1. The van der Waals surface area contributed by atoms with E-state index in [1.165, 1.54) is 12.1 Å². The standard InChI is InChI=1S/C17H27FN2O2/c1-17(2,12-21)10-5-11-19-16(22)15(20(3)4)13-6-8-14(18)9-7-13/h6-9,15,21H,5,10-12H2,1-4H3,(H,19,22). The molecule has 0 bridgehead atoms. The van der Waals surface area contributed by atoms with Crippen LogP contribution in [0.3, 0.4) is 0 Å². The van der Waals surface area contributed by atoms with Crippen LogP contribution in [0.15, 0.2) is 24.3 Å². The van der Waals surface area contributed by atoms with Crippen molar-refractivity contribution in [2.75, 3.05) is 27.2 Å². The average Bonchev–Trinajstić information content (AvgIpc) is 2.45. The van der Waals surface area contributed by atoms with Gasteiger partial charge < -0.3 is 10.4 Å². The quantitative estimate of drug-likeness (QED) is 0.725. The van der Waals surface area contributed by atoms with Gasteiger partial charge in [-0.3, -0.25) is 9.69 Å². The molecule has 0 saturated carbocycles. The van der Waals surface area contributed by atoms with Crippen molar-refractivity contribution in [3.05, 3.63) is 35.6 Å². The molecule has 1 atom stereocenters. The van der Waals surface area contributed by atoms with Crippen LogP contribution in [0.1, 0.15) is 38.3 Å². The van der Waals surface area contributed by atoms with Gasteiger partial charge in [0.1, 0.15) is 11.9 Å². The van der Waals surface area contributed by atoms with Crippen molar-refractivity contribution in [1.82, 2.24) is 10.2 Å². The minimum absolute atomic E-state index is 0.0987. The summed E-state index contributed by atoms with van der Waals surface area (Å²) in [6, 6.07) is 5.56. The van der Waals surface area contributed by atoms with E-state index >= 15 is 0 Å². The van der Waals surface area contributed by atoms with Crippen LogP contribution in [0, 0.1) is 11.2 Å². The van der Waals surface area contributed by atoms with Crippen LogP contribution in [0.4, 0.5) is 4.39 Å². The monoisotopic (exact) mass is 310 g/mol. The highest BCUT2D eigenvalue weighted by Crippen LogP contribution is 2.21. The van der Waals surface area contributed by atoms with Gasteiger partial charge >= 0.3 is 0 Å². The molecule has 0 aliphatic rings. The number of aliphatic hydroxyl groups is 1. The third kappa shape index (κ3) is 5.73. The molecule has 1 aromatic carbocycles. The fourth-order valence-corrected chi connectivity index (χ4v) is 2.28. The van der Waals surface area contributed by atoms with Crippen molar-refractivity contribution < 1.29 is 14.3 Å². The third-order valence-electron chi connectivity index (χ3n) is 3.71. The highest BCUT2D eigenvalue weighted by atomic mass is 19.1. The molecular formula is C17H27FN2O2. The number of nitrogens with one attached hydrogen (secondary N) is 1. The van der Waals surface area contributed by atoms with Gasteiger partial charge in [-0.2, -0.15) is 0 Å². The van der Waals surface area contributed by atoms with Gasteiger partial charge in [0.05, 0.1) is 0 Å². The van der Waals surface area contributed by atoms with Gasteiger partial charge in [-0.25, -0.2) is 4.39 Å². The molecule has 0 fully saturated rings. The first-order valence-corrected chi connectivity index (χ1v) is 7.57. The largest absolute Gasteiger partial charge is 0.396 e. The molecule has 22 heavy (non-hydrogen) atoms. The molecule has 2 N–H and O–H groups in total. The van der Waals surface area contributed by atoms with E-state index < -0.39 is 6.04 Å². The summed E-state index contributed by atoms with van der Waals surface area (Å²) in [7, 11) is 3.64. The van der Waals surface area contributed by atoms with Crippen molar-refractivity contribution >= 4 is 5.91 Å². The molecule has 5 heteroatoms. The number of halogens is 1. The number of hydrogen-bond donors (Lipinski definition) is 2. The smallest absolute Gasteiger partial charge is 0.241 e. The van der Waals surface area contributed by atoms with Crippen molar-refractivity contribution in [2.24, 2.45) is 5.41 Å². The Labute approximate surface area is 132 Å². The van der Waals surface area contributed by atoms with Gasteiger partial charge in [0.25, 0.3) is 0 Å². The lowest BCUT2D eigenvalue weighted by molar-refractivity contribution is -0.125. The Morgan fingerprint density at radius 3 is 2.41 bits per heavy atom. The maximum atomic E-state index is 13.0. The van der Waals surface area contributed by atoms with Crippen LogP contribution in [0.5, 0.6) is 0 Å². The first kappa shape index (κ1) is 18.6. The van der Waals surface area contributed by atoms with Gasteiger partial charge in [0.2, 0.25) is 5.91 Å². The molecule has 1 amide bonds.